The lowest BCUT2D eigenvalue weighted by molar-refractivity contribution is 0.232. The molecule has 2 amide bonds. The molecule has 0 bridgehead atoms. The van der Waals surface area contributed by atoms with Crippen LogP contribution in [0.15, 0.2) is 67.0 Å². The number of halogens is 1. The Balaban J connectivity index is 1.55. The fourth-order valence-corrected chi connectivity index (χ4v) is 3.61. The van der Waals surface area contributed by atoms with Crippen molar-refractivity contribution in [3.63, 3.8) is 0 Å². The molecule has 1 saturated carbocycles. The Morgan fingerprint density at radius 1 is 1.07 bits per heavy atom. The van der Waals surface area contributed by atoms with E-state index >= 15 is 0 Å². The maximum Gasteiger partial charge on any atom is 0.316 e. The first kappa shape index (κ1) is 18.6. The van der Waals surface area contributed by atoms with Gasteiger partial charge in [0, 0.05) is 24.5 Å². The molecule has 0 saturated heterocycles. The van der Waals surface area contributed by atoms with Crippen LogP contribution in [0.2, 0.25) is 5.02 Å². The average Bonchev–Trinajstić information content (AvgIpc) is 3.46. The zero-order chi connectivity index (χ0) is 19.5. The number of amides is 2. The highest BCUT2D eigenvalue weighted by molar-refractivity contribution is 6.30. The molecule has 3 aromatic rings. The number of benzene rings is 2. The number of imidazole rings is 1. The number of rotatable bonds is 6. The van der Waals surface area contributed by atoms with Gasteiger partial charge in [-0.3, -0.25) is 0 Å². The van der Waals surface area contributed by atoms with Crippen LogP contribution in [0.1, 0.15) is 41.9 Å². The highest BCUT2D eigenvalue weighted by Crippen LogP contribution is 2.41. The van der Waals surface area contributed by atoms with Gasteiger partial charge in [0.2, 0.25) is 0 Å². The fraction of sp³-hybridized carbons (Fsp3) is 0.273. The SMILES string of the molecule is Cn1ccnc1C(NC(=O)NC(c1ccccc1)C1CC1)c1ccc(Cl)cc1. The number of carbonyl (C=O) groups excluding carboxylic acids is 1. The van der Waals surface area contributed by atoms with Crippen molar-refractivity contribution in [2.75, 3.05) is 0 Å². The number of aryl methyl sites for hydroxylation is 1. The highest BCUT2D eigenvalue weighted by Gasteiger charge is 2.34. The molecule has 1 aliphatic carbocycles. The van der Waals surface area contributed by atoms with Gasteiger partial charge < -0.3 is 15.2 Å². The van der Waals surface area contributed by atoms with Gasteiger partial charge in [0.15, 0.2) is 0 Å². The summed E-state index contributed by atoms with van der Waals surface area (Å²) in [4.78, 5) is 17.4. The molecule has 28 heavy (non-hydrogen) atoms. The van der Waals surface area contributed by atoms with Crippen molar-refractivity contribution in [2.45, 2.75) is 24.9 Å². The van der Waals surface area contributed by atoms with Gasteiger partial charge in [0.25, 0.3) is 0 Å². The van der Waals surface area contributed by atoms with E-state index in [1.807, 2.05) is 60.3 Å². The summed E-state index contributed by atoms with van der Waals surface area (Å²) in [5.41, 5.74) is 2.07. The average molecular weight is 395 g/mol. The Bertz CT molecular complexity index is 935. The zero-order valence-corrected chi connectivity index (χ0v) is 16.4. The van der Waals surface area contributed by atoms with Gasteiger partial charge in [-0.2, -0.15) is 0 Å². The smallest absolute Gasteiger partial charge is 0.316 e. The van der Waals surface area contributed by atoms with Crippen molar-refractivity contribution in [3.8, 4) is 0 Å². The first-order chi connectivity index (χ1) is 13.6. The van der Waals surface area contributed by atoms with E-state index in [9.17, 15) is 4.79 Å². The fourth-order valence-electron chi connectivity index (χ4n) is 3.48. The molecule has 1 fully saturated rings. The minimum atomic E-state index is -0.368. The summed E-state index contributed by atoms with van der Waals surface area (Å²) < 4.78 is 1.91. The minimum Gasteiger partial charge on any atom is -0.336 e. The number of hydrogen-bond acceptors (Lipinski definition) is 2. The van der Waals surface area contributed by atoms with E-state index in [0.29, 0.717) is 10.9 Å². The van der Waals surface area contributed by atoms with Gasteiger partial charge in [0.05, 0.1) is 6.04 Å². The predicted molar refractivity (Wildman–Crippen MR) is 110 cm³/mol. The summed E-state index contributed by atoms with van der Waals surface area (Å²) >= 11 is 6.04. The second-order valence-electron chi connectivity index (χ2n) is 7.22. The Hall–Kier alpha value is -2.79. The number of carbonyl (C=O) groups is 1. The minimum absolute atomic E-state index is 0.0217. The summed E-state index contributed by atoms with van der Waals surface area (Å²) in [6.45, 7) is 0. The van der Waals surface area contributed by atoms with Crippen LogP contribution in [-0.4, -0.2) is 15.6 Å². The summed E-state index contributed by atoms with van der Waals surface area (Å²) in [5.74, 6) is 1.26. The van der Waals surface area contributed by atoms with Crippen LogP contribution in [0, 0.1) is 5.92 Å². The Labute approximate surface area is 169 Å². The van der Waals surface area contributed by atoms with Crippen molar-refractivity contribution in [1.82, 2.24) is 20.2 Å². The molecular formula is C22H23ClN4O. The maximum absolute atomic E-state index is 12.9. The number of nitrogens with zero attached hydrogens (tertiary/aromatic N) is 2. The molecule has 0 aliphatic heterocycles. The second kappa shape index (κ2) is 8.07. The molecule has 1 aromatic heterocycles. The van der Waals surface area contributed by atoms with Gasteiger partial charge in [0.1, 0.15) is 11.9 Å². The van der Waals surface area contributed by atoms with Gasteiger partial charge in [-0.25, -0.2) is 9.78 Å². The van der Waals surface area contributed by atoms with Gasteiger partial charge in [-0.1, -0.05) is 54.1 Å². The van der Waals surface area contributed by atoms with Gasteiger partial charge in [-0.05, 0) is 42.0 Å². The number of nitrogens with one attached hydrogen (secondary N) is 2. The third-order valence-electron chi connectivity index (χ3n) is 5.13. The molecule has 1 aliphatic rings. The normalized spacial score (nSPS) is 15.6. The second-order valence-corrected chi connectivity index (χ2v) is 7.66. The van der Waals surface area contributed by atoms with Crippen LogP contribution in [-0.2, 0) is 7.05 Å². The van der Waals surface area contributed by atoms with Crippen LogP contribution in [0.5, 0.6) is 0 Å². The maximum atomic E-state index is 12.9. The Kier molecular flexibility index (Phi) is 5.35. The van der Waals surface area contributed by atoms with Crippen molar-refractivity contribution in [3.05, 3.63) is 89.0 Å². The van der Waals surface area contributed by atoms with E-state index in [0.717, 1.165) is 29.8 Å². The van der Waals surface area contributed by atoms with Crippen molar-refractivity contribution >= 4 is 17.6 Å². The molecule has 2 N–H and O–H groups in total. The number of urea groups is 1. The topological polar surface area (TPSA) is 59.0 Å². The molecule has 4 rings (SSSR count). The molecule has 2 atom stereocenters. The molecule has 2 aromatic carbocycles. The summed E-state index contributed by atoms with van der Waals surface area (Å²) in [5, 5.41) is 6.93. The quantitative estimate of drug-likeness (QED) is 0.641. The monoisotopic (exact) mass is 394 g/mol. The van der Waals surface area contributed by atoms with Crippen molar-refractivity contribution in [2.24, 2.45) is 13.0 Å². The lowest BCUT2D eigenvalue weighted by Crippen LogP contribution is -2.41. The molecule has 2 unspecified atom stereocenters. The molecule has 1 heterocycles. The van der Waals surface area contributed by atoms with Crippen LogP contribution in [0.25, 0.3) is 0 Å². The van der Waals surface area contributed by atoms with E-state index in [1.165, 1.54) is 0 Å². The van der Waals surface area contributed by atoms with Crippen LogP contribution in [0.4, 0.5) is 4.79 Å². The third-order valence-corrected chi connectivity index (χ3v) is 5.39. The van der Waals surface area contributed by atoms with Crippen LogP contribution in [0.3, 0.4) is 0 Å². The van der Waals surface area contributed by atoms with E-state index in [1.54, 1.807) is 6.20 Å². The van der Waals surface area contributed by atoms with Crippen LogP contribution < -0.4 is 10.6 Å². The van der Waals surface area contributed by atoms with E-state index in [4.69, 9.17) is 11.6 Å². The first-order valence-corrected chi connectivity index (χ1v) is 9.84. The van der Waals surface area contributed by atoms with Crippen molar-refractivity contribution < 1.29 is 4.79 Å². The lowest BCUT2D eigenvalue weighted by atomic mass is 10.0. The third kappa shape index (κ3) is 4.20. The molecule has 5 nitrogen and oxygen atoms in total. The molecule has 0 spiro atoms. The largest absolute Gasteiger partial charge is 0.336 e. The summed E-state index contributed by atoms with van der Waals surface area (Å²) in [7, 11) is 1.92. The van der Waals surface area contributed by atoms with Gasteiger partial charge >= 0.3 is 6.03 Å². The highest BCUT2D eigenvalue weighted by atomic mass is 35.5. The Morgan fingerprint density at radius 2 is 1.79 bits per heavy atom. The van der Waals surface area contributed by atoms with Crippen molar-refractivity contribution in [1.29, 1.82) is 0 Å². The molecular weight excluding hydrogens is 372 g/mol. The lowest BCUT2D eigenvalue weighted by Gasteiger charge is -2.23. The number of hydrogen-bond donors (Lipinski definition) is 2. The zero-order valence-electron chi connectivity index (χ0n) is 15.7. The first-order valence-electron chi connectivity index (χ1n) is 9.46. The summed E-state index contributed by atoms with van der Waals surface area (Å²) in [6, 6.07) is 17.1. The molecule has 6 heteroatoms. The molecule has 0 radical (unpaired) electrons. The van der Waals surface area contributed by atoms with E-state index in [-0.39, 0.29) is 18.1 Å². The van der Waals surface area contributed by atoms with Crippen LogP contribution >= 0.6 is 11.6 Å². The van der Waals surface area contributed by atoms with E-state index < -0.39 is 0 Å². The summed E-state index contributed by atoms with van der Waals surface area (Å²) in [6.07, 6.45) is 5.88. The molecule has 144 valence electrons. The van der Waals surface area contributed by atoms with E-state index in [2.05, 4.69) is 27.8 Å². The van der Waals surface area contributed by atoms with Gasteiger partial charge in [-0.15, -0.1) is 0 Å². The standard InChI is InChI=1S/C22H23ClN4O/c1-27-14-13-24-21(27)20(17-9-11-18(23)12-10-17)26-22(28)25-19(16-7-8-16)15-5-3-2-4-6-15/h2-6,9-14,16,19-20H,7-8H2,1H3,(H2,25,26,28). The number of aromatic nitrogens is 2. The Morgan fingerprint density at radius 3 is 2.39 bits per heavy atom. The predicted octanol–water partition coefficient (Wildman–Crippen LogP) is 4.61.